The molecular formula is C26H28ClN5O3S. The van der Waals surface area contributed by atoms with Crippen LogP contribution in [0.1, 0.15) is 49.4 Å². The Bertz CT molecular complexity index is 1430. The van der Waals surface area contributed by atoms with E-state index in [2.05, 4.69) is 21.8 Å². The third-order valence-electron chi connectivity index (χ3n) is 6.46. The Morgan fingerprint density at radius 1 is 1.17 bits per heavy atom. The number of hydrogen-bond acceptors (Lipinski definition) is 7. The lowest BCUT2D eigenvalue weighted by Gasteiger charge is -2.15. The molecule has 2 aromatic carbocycles. The summed E-state index contributed by atoms with van der Waals surface area (Å²) in [7, 11) is 0. The number of likely N-dealkylation sites (tertiary alicyclic amines) is 1. The summed E-state index contributed by atoms with van der Waals surface area (Å²) < 4.78 is 3.11. The van der Waals surface area contributed by atoms with Crippen molar-refractivity contribution >= 4 is 67.0 Å². The van der Waals surface area contributed by atoms with Gasteiger partial charge in [-0.3, -0.25) is 9.59 Å². The molecule has 4 aromatic rings. The van der Waals surface area contributed by atoms with E-state index in [1.54, 1.807) is 11.0 Å². The summed E-state index contributed by atoms with van der Waals surface area (Å²) in [5.41, 5.74) is 3.07. The number of anilines is 2. The van der Waals surface area contributed by atoms with Gasteiger partial charge in [-0.2, -0.15) is 0 Å². The van der Waals surface area contributed by atoms with Gasteiger partial charge in [0, 0.05) is 43.1 Å². The van der Waals surface area contributed by atoms with E-state index in [-0.39, 0.29) is 24.5 Å². The molecule has 1 aliphatic rings. The second kappa shape index (κ2) is 10.5. The number of aromatic nitrogens is 3. The quantitative estimate of drug-likeness (QED) is 0.284. The number of thiazole rings is 1. The number of halogens is 1. The third-order valence-corrected chi connectivity index (χ3v) is 7.63. The summed E-state index contributed by atoms with van der Waals surface area (Å²) in [4.78, 5) is 36.3. The lowest BCUT2D eigenvalue weighted by Crippen LogP contribution is -2.29. The summed E-state index contributed by atoms with van der Waals surface area (Å²) in [5.74, 6) is 0.495. The number of β-amino-alcohol motifs (C(OH)–C–C–N with tert-alkyl or cyclic N) is 1. The molecule has 2 N–H and O–H groups in total. The summed E-state index contributed by atoms with van der Waals surface area (Å²) in [6, 6.07) is 11.1. The normalized spacial score (nSPS) is 15.8. The number of Topliss-reactive ketones (excluding diaryl/α,β-unsaturated/α-hetero) is 1. The number of ketones is 1. The zero-order valence-electron chi connectivity index (χ0n) is 20.0. The number of hydrogen-bond donors (Lipinski definition) is 2. The highest BCUT2D eigenvalue weighted by molar-refractivity contribution is 7.22. The van der Waals surface area contributed by atoms with Crippen LogP contribution in [0.4, 0.5) is 11.1 Å². The van der Waals surface area contributed by atoms with Crippen molar-refractivity contribution in [1.29, 1.82) is 0 Å². The van der Waals surface area contributed by atoms with Crippen LogP contribution in [-0.2, 0) is 11.3 Å². The highest BCUT2D eigenvalue weighted by atomic mass is 35.5. The first kappa shape index (κ1) is 24.7. The van der Waals surface area contributed by atoms with E-state index in [1.807, 2.05) is 30.3 Å². The van der Waals surface area contributed by atoms with Crippen molar-refractivity contribution in [3.8, 4) is 0 Å². The number of nitrogens with zero attached hydrogens (tertiary/aromatic N) is 4. The Balaban J connectivity index is 1.36. The molecule has 36 heavy (non-hydrogen) atoms. The molecule has 8 nitrogen and oxygen atoms in total. The van der Waals surface area contributed by atoms with Gasteiger partial charge in [0.05, 0.1) is 27.4 Å². The highest BCUT2D eigenvalue weighted by Crippen LogP contribution is 2.31. The first-order chi connectivity index (χ1) is 17.4. The minimum atomic E-state index is -0.460. The lowest BCUT2D eigenvalue weighted by molar-refractivity contribution is -0.130. The Kier molecular flexibility index (Phi) is 7.22. The van der Waals surface area contributed by atoms with Gasteiger partial charge in [-0.05, 0) is 49.2 Å². The average Bonchev–Trinajstić information content (AvgIpc) is 3.56. The minimum absolute atomic E-state index is 0.0894. The molecule has 5 rings (SSSR count). The fourth-order valence-electron chi connectivity index (χ4n) is 4.48. The highest BCUT2D eigenvalue weighted by Gasteiger charge is 2.25. The molecular weight excluding hydrogens is 498 g/mol. The number of fused-ring (bicyclic) bond motifs is 2. The van der Waals surface area contributed by atoms with Crippen molar-refractivity contribution in [3.05, 3.63) is 47.0 Å². The van der Waals surface area contributed by atoms with Crippen molar-refractivity contribution in [2.45, 2.75) is 51.7 Å². The number of benzene rings is 2. The van der Waals surface area contributed by atoms with Crippen LogP contribution >= 0.6 is 22.9 Å². The fraction of sp³-hybridized carbons (Fsp3) is 0.385. The number of amides is 1. The predicted octanol–water partition coefficient (Wildman–Crippen LogP) is 5.40. The monoisotopic (exact) mass is 525 g/mol. The number of rotatable bonds is 9. The van der Waals surface area contributed by atoms with Crippen molar-refractivity contribution < 1.29 is 14.7 Å². The molecule has 10 heteroatoms. The molecule has 0 radical (unpaired) electrons. The van der Waals surface area contributed by atoms with Crippen molar-refractivity contribution in [2.75, 3.05) is 18.4 Å². The minimum Gasteiger partial charge on any atom is -0.391 e. The standard InChI is InChI=1S/C26H28ClN5O3S/c1-2-3-11-32-21-7-4-16(22(34)8-9-24(35)31-12-10-18(33)15-31)13-20(21)28-25(32)30-26-29-19-6-5-17(27)14-23(19)36-26/h4-7,13-14,18,33H,2-3,8-12,15H2,1H3,(H,28,29,30)/t18-/m1/s1. The van der Waals surface area contributed by atoms with E-state index in [1.165, 1.54) is 11.3 Å². The zero-order chi connectivity index (χ0) is 25.2. The summed E-state index contributed by atoms with van der Waals surface area (Å²) in [6.07, 6.45) is 2.44. The van der Waals surface area contributed by atoms with E-state index in [9.17, 15) is 14.7 Å². The van der Waals surface area contributed by atoms with Crippen LogP contribution in [0.15, 0.2) is 36.4 Å². The van der Waals surface area contributed by atoms with Crippen LogP contribution in [0, 0.1) is 0 Å². The van der Waals surface area contributed by atoms with Crippen molar-refractivity contribution in [3.63, 3.8) is 0 Å². The number of aliphatic hydroxyl groups is 1. The van der Waals surface area contributed by atoms with E-state index in [4.69, 9.17) is 16.6 Å². The van der Waals surface area contributed by atoms with Gasteiger partial charge in [-0.1, -0.05) is 36.3 Å². The number of carbonyl (C=O) groups is 2. The molecule has 1 amide bonds. The van der Waals surface area contributed by atoms with Gasteiger partial charge in [0.2, 0.25) is 11.9 Å². The maximum Gasteiger partial charge on any atom is 0.223 e. The molecule has 1 atom stereocenters. The van der Waals surface area contributed by atoms with Gasteiger partial charge < -0.3 is 19.9 Å². The topological polar surface area (TPSA) is 100 Å². The molecule has 0 spiro atoms. The molecule has 1 aliphatic heterocycles. The Morgan fingerprint density at radius 2 is 2.03 bits per heavy atom. The second-order valence-corrected chi connectivity index (χ2v) is 10.6. The van der Waals surface area contributed by atoms with Crippen LogP contribution in [-0.4, -0.2) is 55.4 Å². The molecule has 3 heterocycles. The molecule has 0 unspecified atom stereocenters. The molecule has 0 saturated carbocycles. The summed E-state index contributed by atoms with van der Waals surface area (Å²) in [5, 5.41) is 14.4. The number of carbonyl (C=O) groups excluding carboxylic acids is 2. The number of unbranched alkanes of at least 4 members (excludes halogenated alkanes) is 1. The molecule has 0 aliphatic carbocycles. The summed E-state index contributed by atoms with van der Waals surface area (Å²) >= 11 is 7.64. The lowest BCUT2D eigenvalue weighted by atomic mass is 10.1. The maximum atomic E-state index is 12.9. The van der Waals surface area contributed by atoms with Gasteiger partial charge >= 0.3 is 0 Å². The first-order valence-electron chi connectivity index (χ1n) is 12.2. The maximum absolute atomic E-state index is 12.9. The van der Waals surface area contributed by atoms with E-state index in [0.29, 0.717) is 36.0 Å². The van der Waals surface area contributed by atoms with Crippen LogP contribution < -0.4 is 5.32 Å². The molecule has 0 bridgehead atoms. The largest absolute Gasteiger partial charge is 0.391 e. The molecule has 1 fully saturated rings. The van der Waals surface area contributed by atoms with Crippen molar-refractivity contribution in [1.82, 2.24) is 19.4 Å². The van der Waals surface area contributed by atoms with Crippen molar-refractivity contribution in [2.24, 2.45) is 0 Å². The van der Waals surface area contributed by atoms with Gasteiger partial charge in [0.15, 0.2) is 10.9 Å². The average molecular weight is 526 g/mol. The zero-order valence-corrected chi connectivity index (χ0v) is 21.6. The Morgan fingerprint density at radius 3 is 2.81 bits per heavy atom. The van der Waals surface area contributed by atoms with E-state index < -0.39 is 6.10 Å². The predicted molar refractivity (Wildman–Crippen MR) is 143 cm³/mol. The Labute approximate surface area is 217 Å². The second-order valence-electron chi connectivity index (χ2n) is 9.11. The van der Waals surface area contributed by atoms with Gasteiger partial charge in [-0.15, -0.1) is 0 Å². The molecule has 188 valence electrons. The number of aliphatic hydroxyl groups excluding tert-OH is 1. The molecule has 2 aromatic heterocycles. The smallest absolute Gasteiger partial charge is 0.223 e. The van der Waals surface area contributed by atoms with Crippen LogP contribution in [0.2, 0.25) is 5.02 Å². The summed E-state index contributed by atoms with van der Waals surface area (Å²) in [6.45, 7) is 3.83. The number of nitrogens with one attached hydrogen (secondary N) is 1. The molecule has 1 saturated heterocycles. The SMILES string of the molecule is CCCCn1c(Nc2nc3ccc(Cl)cc3s2)nc2cc(C(=O)CCC(=O)N3CC[C@@H](O)C3)ccc21. The number of imidazole rings is 1. The van der Waals surface area contributed by atoms with Gasteiger partial charge in [0.25, 0.3) is 0 Å². The van der Waals surface area contributed by atoms with E-state index in [0.717, 1.165) is 45.8 Å². The first-order valence-corrected chi connectivity index (χ1v) is 13.4. The van der Waals surface area contributed by atoms with Crippen LogP contribution in [0.3, 0.4) is 0 Å². The van der Waals surface area contributed by atoms with Crippen LogP contribution in [0.5, 0.6) is 0 Å². The van der Waals surface area contributed by atoms with Crippen LogP contribution in [0.25, 0.3) is 21.3 Å². The fourth-order valence-corrected chi connectivity index (χ4v) is 5.62. The van der Waals surface area contributed by atoms with Gasteiger partial charge in [0.1, 0.15) is 0 Å². The van der Waals surface area contributed by atoms with Gasteiger partial charge in [-0.25, -0.2) is 9.97 Å². The van der Waals surface area contributed by atoms with E-state index >= 15 is 0 Å². The Hall–Kier alpha value is -3.01. The number of aryl methyl sites for hydroxylation is 1. The third kappa shape index (κ3) is 5.23.